The zero-order valence-corrected chi connectivity index (χ0v) is 13.9. The summed E-state index contributed by atoms with van der Waals surface area (Å²) in [6.45, 7) is 2.72. The average Bonchev–Trinajstić information content (AvgIpc) is 2.28. The summed E-state index contributed by atoms with van der Waals surface area (Å²) >= 11 is 11.8. The van der Waals surface area contributed by atoms with E-state index in [4.69, 9.17) is 17.0 Å². The van der Waals surface area contributed by atoms with Crippen LogP contribution in [0.4, 0.5) is 0 Å². The van der Waals surface area contributed by atoms with E-state index in [1.165, 1.54) is 0 Å². The van der Waals surface area contributed by atoms with Gasteiger partial charge in [-0.2, -0.15) is 5.10 Å². The highest BCUT2D eigenvalue weighted by atomic mass is 79.9. The van der Waals surface area contributed by atoms with Gasteiger partial charge in [-0.15, -0.1) is 0 Å². The van der Waals surface area contributed by atoms with Crippen LogP contribution in [0.2, 0.25) is 0 Å². The Morgan fingerprint density at radius 1 is 1.50 bits per heavy atom. The molecule has 1 aromatic rings. The monoisotopic (exact) mass is 393 g/mol. The number of hydrogen-bond acceptors (Lipinski definition) is 3. The van der Waals surface area contributed by atoms with Gasteiger partial charge in [0.1, 0.15) is 5.75 Å². The number of halogens is 2. The quantitative estimate of drug-likeness (QED) is 0.468. The smallest absolute Gasteiger partial charge is 0.186 e. The van der Waals surface area contributed by atoms with Crippen LogP contribution >= 0.6 is 44.1 Å². The predicted octanol–water partition coefficient (Wildman–Crippen LogP) is 3.04. The van der Waals surface area contributed by atoms with E-state index in [9.17, 15) is 0 Å². The SMILES string of the molecule is CCNC(=S)NN=Cc1cc(Br)cc(Br)c1OC. The first kappa shape index (κ1) is 15.4. The van der Waals surface area contributed by atoms with Crippen molar-refractivity contribution >= 4 is 55.4 Å². The van der Waals surface area contributed by atoms with Gasteiger partial charge >= 0.3 is 0 Å². The lowest BCUT2D eigenvalue weighted by Gasteiger charge is -2.08. The molecule has 0 saturated heterocycles. The number of methoxy groups -OCH3 is 1. The normalized spacial score (nSPS) is 10.4. The molecule has 0 aliphatic heterocycles. The minimum atomic E-state index is 0.488. The van der Waals surface area contributed by atoms with Crippen LogP contribution in [-0.2, 0) is 0 Å². The van der Waals surface area contributed by atoms with E-state index in [1.807, 2.05) is 19.1 Å². The van der Waals surface area contributed by atoms with E-state index >= 15 is 0 Å². The van der Waals surface area contributed by atoms with Gasteiger partial charge in [-0.1, -0.05) is 15.9 Å². The van der Waals surface area contributed by atoms with Crippen molar-refractivity contribution in [1.29, 1.82) is 0 Å². The van der Waals surface area contributed by atoms with Gasteiger partial charge in [0.15, 0.2) is 5.11 Å². The van der Waals surface area contributed by atoms with Gasteiger partial charge in [0.25, 0.3) is 0 Å². The van der Waals surface area contributed by atoms with Crippen LogP contribution in [0.1, 0.15) is 12.5 Å². The van der Waals surface area contributed by atoms with Crippen LogP contribution in [0.3, 0.4) is 0 Å². The highest BCUT2D eigenvalue weighted by Gasteiger charge is 2.07. The van der Waals surface area contributed by atoms with Gasteiger partial charge in [-0.25, -0.2) is 0 Å². The van der Waals surface area contributed by atoms with Crippen LogP contribution in [-0.4, -0.2) is 25.0 Å². The number of ether oxygens (including phenoxy) is 1. The van der Waals surface area contributed by atoms with Crippen molar-refractivity contribution in [1.82, 2.24) is 10.7 Å². The maximum atomic E-state index is 5.30. The average molecular weight is 395 g/mol. The zero-order chi connectivity index (χ0) is 13.5. The molecule has 0 fully saturated rings. The molecular weight excluding hydrogens is 382 g/mol. The maximum absolute atomic E-state index is 5.30. The van der Waals surface area contributed by atoms with Crippen molar-refractivity contribution in [3.8, 4) is 5.75 Å². The molecule has 0 heterocycles. The summed E-state index contributed by atoms with van der Waals surface area (Å²) < 4.78 is 7.09. The summed E-state index contributed by atoms with van der Waals surface area (Å²) in [6.07, 6.45) is 1.65. The number of hydrogen-bond donors (Lipinski definition) is 2. The van der Waals surface area contributed by atoms with Gasteiger partial charge in [0, 0.05) is 16.6 Å². The van der Waals surface area contributed by atoms with Gasteiger partial charge < -0.3 is 10.1 Å². The number of benzene rings is 1. The number of nitrogens with zero attached hydrogens (tertiary/aromatic N) is 1. The maximum Gasteiger partial charge on any atom is 0.186 e. The fraction of sp³-hybridized carbons (Fsp3) is 0.273. The number of hydrazone groups is 1. The molecule has 1 rings (SSSR count). The molecule has 0 unspecified atom stereocenters. The summed E-state index contributed by atoms with van der Waals surface area (Å²) in [5.74, 6) is 0.720. The molecule has 0 amide bonds. The number of thiocarbonyl (C=S) groups is 1. The second-order valence-electron chi connectivity index (χ2n) is 3.24. The van der Waals surface area contributed by atoms with E-state index in [2.05, 4.69) is 47.7 Å². The summed E-state index contributed by atoms with van der Waals surface area (Å²) in [7, 11) is 1.61. The lowest BCUT2D eigenvalue weighted by atomic mass is 10.2. The van der Waals surface area contributed by atoms with Crippen molar-refractivity contribution in [3.05, 3.63) is 26.6 Å². The topological polar surface area (TPSA) is 45.7 Å². The Bertz CT molecular complexity index is 466. The Balaban J connectivity index is 2.83. The van der Waals surface area contributed by atoms with E-state index in [0.29, 0.717) is 5.11 Å². The third-order valence-electron chi connectivity index (χ3n) is 1.95. The number of rotatable bonds is 4. The van der Waals surface area contributed by atoms with Crippen LogP contribution in [0.5, 0.6) is 5.75 Å². The van der Waals surface area contributed by atoms with Crippen molar-refractivity contribution in [2.24, 2.45) is 5.10 Å². The summed E-state index contributed by atoms with van der Waals surface area (Å²) in [6, 6.07) is 3.82. The van der Waals surface area contributed by atoms with Gasteiger partial charge in [-0.05, 0) is 47.2 Å². The summed E-state index contributed by atoms with van der Waals surface area (Å²) in [5, 5.41) is 7.48. The minimum Gasteiger partial charge on any atom is -0.495 e. The van der Waals surface area contributed by atoms with Crippen molar-refractivity contribution in [2.45, 2.75) is 6.92 Å². The van der Waals surface area contributed by atoms with Crippen LogP contribution in [0, 0.1) is 0 Å². The zero-order valence-electron chi connectivity index (χ0n) is 9.96. The molecule has 0 spiro atoms. The minimum absolute atomic E-state index is 0.488. The van der Waals surface area contributed by atoms with Gasteiger partial charge in [-0.3, -0.25) is 5.43 Å². The molecule has 0 atom stereocenters. The Kier molecular flexibility index (Phi) is 6.59. The molecular formula is C11H13Br2N3OS. The second-order valence-corrected chi connectivity index (χ2v) is 5.42. The number of nitrogens with one attached hydrogen (secondary N) is 2. The third-order valence-corrected chi connectivity index (χ3v) is 3.23. The van der Waals surface area contributed by atoms with E-state index in [-0.39, 0.29) is 0 Å². The second kappa shape index (κ2) is 7.70. The fourth-order valence-corrected chi connectivity index (χ4v) is 2.87. The highest BCUT2D eigenvalue weighted by Crippen LogP contribution is 2.31. The van der Waals surface area contributed by atoms with Crippen LogP contribution in [0.25, 0.3) is 0 Å². The third kappa shape index (κ3) is 4.55. The van der Waals surface area contributed by atoms with Gasteiger partial charge in [0.2, 0.25) is 0 Å². The Morgan fingerprint density at radius 2 is 2.22 bits per heavy atom. The molecule has 2 N–H and O–H groups in total. The first-order valence-corrected chi connectivity index (χ1v) is 7.17. The van der Waals surface area contributed by atoms with Crippen molar-refractivity contribution < 1.29 is 4.74 Å². The van der Waals surface area contributed by atoms with E-state index in [1.54, 1.807) is 13.3 Å². The fourth-order valence-electron chi connectivity index (χ4n) is 1.25. The first-order valence-electron chi connectivity index (χ1n) is 5.18. The molecule has 18 heavy (non-hydrogen) atoms. The molecule has 7 heteroatoms. The summed E-state index contributed by atoms with van der Waals surface area (Å²) in [5.41, 5.74) is 3.56. The standard InChI is InChI=1S/C11H13Br2N3OS/c1-3-14-11(18)16-15-6-7-4-8(12)5-9(13)10(7)17-2/h4-6H,3H2,1-2H3,(H2,14,16,18). The van der Waals surface area contributed by atoms with E-state index < -0.39 is 0 Å². The van der Waals surface area contributed by atoms with E-state index in [0.717, 1.165) is 26.8 Å². The lowest BCUT2D eigenvalue weighted by Crippen LogP contribution is -2.31. The summed E-state index contributed by atoms with van der Waals surface area (Å²) in [4.78, 5) is 0. The molecule has 4 nitrogen and oxygen atoms in total. The Hall–Kier alpha value is -0.660. The molecule has 0 saturated carbocycles. The molecule has 0 aliphatic rings. The molecule has 0 bridgehead atoms. The lowest BCUT2D eigenvalue weighted by molar-refractivity contribution is 0.411. The predicted molar refractivity (Wildman–Crippen MR) is 85.4 cm³/mol. The van der Waals surface area contributed by atoms with Crippen molar-refractivity contribution in [3.63, 3.8) is 0 Å². The van der Waals surface area contributed by atoms with Crippen molar-refractivity contribution in [2.75, 3.05) is 13.7 Å². The van der Waals surface area contributed by atoms with Crippen LogP contribution < -0.4 is 15.5 Å². The molecule has 1 aromatic carbocycles. The largest absolute Gasteiger partial charge is 0.495 e. The Morgan fingerprint density at radius 3 is 2.83 bits per heavy atom. The van der Waals surface area contributed by atoms with Gasteiger partial charge in [0.05, 0.1) is 17.8 Å². The molecule has 0 aliphatic carbocycles. The van der Waals surface area contributed by atoms with Crippen LogP contribution in [0.15, 0.2) is 26.2 Å². The first-order chi connectivity index (χ1) is 8.58. The Labute approximate surface area is 128 Å². The molecule has 0 aromatic heterocycles. The highest BCUT2D eigenvalue weighted by molar-refractivity contribution is 9.11. The molecule has 98 valence electrons. The molecule has 0 radical (unpaired) electrons.